The SMILES string of the molecule is CCN(CC(C)C(=O)O)c1cnc2ccccc2n1. The number of carbonyl (C=O) groups is 1. The van der Waals surface area contributed by atoms with Crippen LogP contribution in [0.15, 0.2) is 30.5 Å². The number of fused-ring (bicyclic) bond motifs is 1. The van der Waals surface area contributed by atoms with Crippen LogP contribution < -0.4 is 4.90 Å². The van der Waals surface area contributed by atoms with E-state index in [1.165, 1.54) is 0 Å². The van der Waals surface area contributed by atoms with E-state index < -0.39 is 11.9 Å². The average molecular weight is 259 g/mol. The molecule has 0 saturated carbocycles. The monoisotopic (exact) mass is 259 g/mol. The standard InChI is InChI=1S/C14H17N3O2/c1-3-17(9-10(2)14(18)19)13-8-15-11-6-4-5-7-12(11)16-13/h4-8,10H,3,9H2,1-2H3,(H,18,19). The third-order valence-electron chi connectivity index (χ3n) is 3.06. The Bertz CT molecular complexity index is 586. The van der Waals surface area contributed by atoms with E-state index in [9.17, 15) is 4.79 Å². The van der Waals surface area contributed by atoms with Gasteiger partial charge in [0.05, 0.1) is 23.1 Å². The Labute approximate surface area is 111 Å². The molecule has 0 radical (unpaired) electrons. The van der Waals surface area contributed by atoms with Crippen molar-refractivity contribution >= 4 is 22.8 Å². The van der Waals surface area contributed by atoms with Gasteiger partial charge in [-0.3, -0.25) is 9.78 Å². The number of hydrogen-bond acceptors (Lipinski definition) is 4. The van der Waals surface area contributed by atoms with Gasteiger partial charge < -0.3 is 10.0 Å². The predicted molar refractivity (Wildman–Crippen MR) is 74.2 cm³/mol. The molecule has 2 rings (SSSR count). The van der Waals surface area contributed by atoms with Crippen LogP contribution in [0.3, 0.4) is 0 Å². The summed E-state index contributed by atoms with van der Waals surface area (Å²) in [5.74, 6) is -0.519. The van der Waals surface area contributed by atoms with Crippen LogP contribution in [0.25, 0.3) is 11.0 Å². The summed E-state index contributed by atoms with van der Waals surface area (Å²) in [4.78, 5) is 21.7. The fourth-order valence-corrected chi connectivity index (χ4v) is 1.89. The van der Waals surface area contributed by atoms with Crippen LogP contribution in [0.5, 0.6) is 0 Å². The highest BCUT2D eigenvalue weighted by atomic mass is 16.4. The molecule has 0 aliphatic carbocycles. The molecule has 0 amide bonds. The number of para-hydroxylation sites is 2. The molecule has 0 saturated heterocycles. The fourth-order valence-electron chi connectivity index (χ4n) is 1.89. The normalized spacial score (nSPS) is 12.3. The highest BCUT2D eigenvalue weighted by Crippen LogP contribution is 2.16. The van der Waals surface area contributed by atoms with E-state index in [2.05, 4.69) is 9.97 Å². The van der Waals surface area contributed by atoms with Crippen LogP contribution in [-0.2, 0) is 4.79 Å². The van der Waals surface area contributed by atoms with E-state index in [0.29, 0.717) is 18.9 Å². The summed E-state index contributed by atoms with van der Waals surface area (Å²) in [6.45, 7) is 4.80. The van der Waals surface area contributed by atoms with Gasteiger partial charge in [0.15, 0.2) is 0 Å². The molecule has 0 aliphatic rings. The zero-order chi connectivity index (χ0) is 13.8. The lowest BCUT2D eigenvalue weighted by molar-refractivity contribution is -0.140. The molecule has 1 unspecified atom stereocenters. The summed E-state index contributed by atoms with van der Waals surface area (Å²) in [6.07, 6.45) is 1.69. The quantitative estimate of drug-likeness (QED) is 0.891. The summed E-state index contributed by atoms with van der Waals surface area (Å²) >= 11 is 0. The summed E-state index contributed by atoms with van der Waals surface area (Å²) in [7, 11) is 0. The molecule has 0 fully saturated rings. The van der Waals surface area contributed by atoms with E-state index in [4.69, 9.17) is 5.11 Å². The van der Waals surface area contributed by atoms with Gasteiger partial charge in [-0.25, -0.2) is 4.98 Å². The Kier molecular flexibility index (Phi) is 3.94. The second kappa shape index (κ2) is 5.65. The number of aliphatic carboxylic acids is 1. The van der Waals surface area contributed by atoms with Gasteiger partial charge in [0.25, 0.3) is 0 Å². The van der Waals surface area contributed by atoms with E-state index in [1.807, 2.05) is 36.1 Å². The number of nitrogens with zero attached hydrogens (tertiary/aromatic N) is 3. The zero-order valence-electron chi connectivity index (χ0n) is 11.1. The van der Waals surface area contributed by atoms with Crippen molar-refractivity contribution in [3.8, 4) is 0 Å². The van der Waals surface area contributed by atoms with Crippen molar-refractivity contribution in [3.05, 3.63) is 30.5 Å². The molecule has 2 aromatic rings. The average Bonchev–Trinajstić information content (AvgIpc) is 2.43. The third-order valence-corrected chi connectivity index (χ3v) is 3.06. The number of anilines is 1. The van der Waals surface area contributed by atoms with Gasteiger partial charge in [-0.2, -0.15) is 0 Å². The van der Waals surface area contributed by atoms with E-state index >= 15 is 0 Å². The number of rotatable bonds is 5. The first-order valence-corrected chi connectivity index (χ1v) is 6.31. The number of carboxylic acids is 1. The Morgan fingerprint density at radius 2 is 2.05 bits per heavy atom. The van der Waals surface area contributed by atoms with E-state index in [-0.39, 0.29) is 0 Å². The van der Waals surface area contributed by atoms with Crippen LogP contribution in [0.2, 0.25) is 0 Å². The van der Waals surface area contributed by atoms with Gasteiger partial charge in [0.2, 0.25) is 0 Å². The Morgan fingerprint density at radius 1 is 1.37 bits per heavy atom. The molecule has 1 aromatic carbocycles. The minimum Gasteiger partial charge on any atom is -0.481 e. The summed E-state index contributed by atoms with van der Waals surface area (Å²) in [5.41, 5.74) is 1.66. The van der Waals surface area contributed by atoms with Gasteiger partial charge in [0.1, 0.15) is 5.82 Å². The lowest BCUT2D eigenvalue weighted by atomic mass is 10.1. The van der Waals surface area contributed by atoms with Crippen LogP contribution in [0.1, 0.15) is 13.8 Å². The highest BCUT2D eigenvalue weighted by molar-refractivity contribution is 5.75. The first-order chi connectivity index (χ1) is 9.11. The molecule has 5 nitrogen and oxygen atoms in total. The lowest BCUT2D eigenvalue weighted by Gasteiger charge is -2.23. The van der Waals surface area contributed by atoms with Crippen molar-refractivity contribution in [2.75, 3.05) is 18.0 Å². The van der Waals surface area contributed by atoms with Crippen molar-refractivity contribution in [1.29, 1.82) is 0 Å². The zero-order valence-corrected chi connectivity index (χ0v) is 11.1. The van der Waals surface area contributed by atoms with Crippen molar-refractivity contribution in [3.63, 3.8) is 0 Å². The molecular weight excluding hydrogens is 242 g/mol. The first-order valence-electron chi connectivity index (χ1n) is 6.31. The Morgan fingerprint density at radius 3 is 2.68 bits per heavy atom. The molecule has 5 heteroatoms. The van der Waals surface area contributed by atoms with Crippen molar-refractivity contribution in [1.82, 2.24) is 9.97 Å². The Balaban J connectivity index is 2.27. The fraction of sp³-hybridized carbons (Fsp3) is 0.357. The number of hydrogen-bond donors (Lipinski definition) is 1. The highest BCUT2D eigenvalue weighted by Gasteiger charge is 2.16. The predicted octanol–water partition coefficient (Wildman–Crippen LogP) is 2.18. The van der Waals surface area contributed by atoms with E-state index in [1.54, 1.807) is 13.1 Å². The number of benzene rings is 1. The number of carboxylic acid groups (broad SMARTS) is 1. The van der Waals surface area contributed by atoms with Crippen molar-refractivity contribution in [2.24, 2.45) is 5.92 Å². The topological polar surface area (TPSA) is 66.3 Å². The third kappa shape index (κ3) is 2.99. The largest absolute Gasteiger partial charge is 0.481 e. The van der Waals surface area contributed by atoms with Crippen molar-refractivity contribution in [2.45, 2.75) is 13.8 Å². The number of aromatic nitrogens is 2. The summed E-state index contributed by atoms with van der Waals surface area (Å²) < 4.78 is 0. The molecule has 1 aromatic heterocycles. The minimum absolute atomic E-state index is 0.429. The molecule has 0 spiro atoms. The molecule has 1 N–H and O–H groups in total. The first kappa shape index (κ1) is 13.3. The maximum absolute atomic E-state index is 10.9. The second-order valence-electron chi connectivity index (χ2n) is 4.49. The van der Waals surface area contributed by atoms with Crippen LogP contribution in [0.4, 0.5) is 5.82 Å². The van der Waals surface area contributed by atoms with Gasteiger partial charge >= 0.3 is 5.97 Å². The molecule has 0 aliphatic heterocycles. The summed E-state index contributed by atoms with van der Waals surface area (Å²) in [5, 5.41) is 8.98. The van der Waals surface area contributed by atoms with Gasteiger partial charge in [0, 0.05) is 13.1 Å². The molecule has 1 atom stereocenters. The maximum atomic E-state index is 10.9. The van der Waals surface area contributed by atoms with Gasteiger partial charge in [-0.15, -0.1) is 0 Å². The van der Waals surface area contributed by atoms with E-state index in [0.717, 1.165) is 11.0 Å². The van der Waals surface area contributed by atoms with Crippen LogP contribution in [-0.4, -0.2) is 34.1 Å². The lowest BCUT2D eigenvalue weighted by Crippen LogP contribution is -2.32. The maximum Gasteiger partial charge on any atom is 0.308 e. The van der Waals surface area contributed by atoms with Gasteiger partial charge in [-0.1, -0.05) is 19.1 Å². The molecular formula is C14H17N3O2. The van der Waals surface area contributed by atoms with Crippen LogP contribution >= 0.6 is 0 Å². The molecule has 0 bridgehead atoms. The van der Waals surface area contributed by atoms with Gasteiger partial charge in [-0.05, 0) is 19.1 Å². The van der Waals surface area contributed by atoms with Crippen LogP contribution in [0, 0.1) is 5.92 Å². The Hall–Kier alpha value is -2.17. The molecule has 100 valence electrons. The smallest absolute Gasteiger partial charge is 0.308 e. The molecule has 19 heavy (non-hydrogen) atoms. The summed E-state index contributed by atoms with van der Waals surface area (Å²) in [6, 6.07) is 7.64. The minimum atomic E-state index is -0.799. The molecule has 1 heterocycles. The second-order valence-corrected chi connectivity index (χ2v) is 4.49. The van der Waals surface area contributed by atoms with Crippen molar-refractivity contribution < 1.29 is 9.90 Å².